The summed E-state index contributed by atoms with van der Waals surface area (Å²) in [5.74, 6) is -0.445. The van der Waals surface area contributed by atoms with Crippen LogP contribution in [0.3, 0.4) is 0 Å². The highest BCUT2D eigenvalue weighted by Crippen LogP contribution is 2.56. The first-order valence-electron chi connectivity index (χ1n) is 6.41. The van der Waals surface area contributed by atoms with Crippen molar-refractivity contribution >= 4 is 27.5 Å². The maximum absolute atomic E-state index is 13.9. The summed E-state index contributed by atoms with van der Waals surface area (Å²) in [6, 6.07) is 12.3. The zero-order valence-electron chi connectivity index (χ0n) is 10.5. The van der Waals surface area contributed by atoms with Gasteiger partial charge in [0.15, 0.2) is 0 Å². The minimum atomic E-state index is -0.497. The Morgan fingerprint density at radius 2 is 1.80 bits per heavy atom. The number of hydrogen-bond donors (Lipinski definition) is 0. The molecule has 3 rings (SSSR count). The smallest absolute Gasteiger partial charge is 0.137 e. The normalized spacial score (nSPS) is 22.6. The Balaban J connectivity index is 1.82. The van der Waals surface area contributed by atoms with E-state index in [0.717, 1.165) is 12.5 Å². The first kappa shape index (κ1) is 14.0. The maximum atomic E-state index is 13.9. The van der Waals surface area contributed by atoms with Crippen molar-refractivity contribution < 1.29 is 8.78 Å². The molecule has 1 aliphatic carbocycles. The Bertz CT molecular complexity index is 630. The van der Waals surface area contributed by atoms with Gasteiger partial charge in [0.2, 0.25) is 0 Å². The standard InChI is InChI=1S/C16H12BrClF2/c17-13-8-14(19)12(7-15(13)20)16(18)11-6-10(11)9-4-2-1-3-5-9/h1-5,7-8,10-11,16H,6H2. The molecule has 1 aliphatic rings. The van der Waals surface area contributed by atoms with Gasteiger partial charge in [0.25, 0.3) is 0 Å². The fourth-order valence-electron chi connectivity index (χ4n) is 2.60. The van der Waals surface area contributed by atoms with Crippen LogP contribution in [-0.4, -0.2) is 0 Å². The van der Waals surface area contributed by atoms with E-state index < -0.39 is 17.0 Å². The number of alkyl halides is 1. The minimum absolute atomic E-state index is 0.123. The molecule has 0 aromatic heterocycles. The molecular formula is C16H12BrClF2. The molecule has 3 atom stereocenters. The van der Waals surface area contributed by atoms with E-state index in [2.05, 4.69) is 15.9 Å². The molecule has 104 valence electrons. The highest BCUT2D eigenvalue weighted by molar-refractivity contribution is 9.10. The van der Waals surface area contributed by atoms with E-state index in [-0.39, 0.29) is 16.0 Å². The third-order valence-electron chi connectivity index (χ3n) is 3.78. The minimum Gasteiger partial charge on any atom is -0.207 e. The van der Waals surface area contributed by atoms with Crippen LogP contribution in [0.4, 0.5) is 8.78 Å². The van der Waals surface area contributed by atoms with E-state index in [1.54, 1.807) is 0 Å². The lowest BCUT2D eigenvalue weighted by Crippen LogP contribution is -2.00. The molecule has 2 aromatic carbocycles. The molecule has 1 fully saturated rings. The van der Waals surface area contributed by atoms with Gasteiger partial charge in [0.1, 0.15) is 11.6 Å². The number of rotatable bonds is 3. The zero-order valence-corrected chi connectivity index (χ0v) is 12.8. The molecule has 20 heavy (non-hydrogen) atoms. The highest BCUT2D eigenvalue weighted by atomic mass is 79.9. The number of hydrogen-bond acceptors (Lipinski definition) is 0. The molecule has 0 saturated heterocycles. The van der Waals surface area contributed by atoms with E-state index in [0.29, 0.717) is 5.92 Å². The third kappa shape index (κ3) is 2.61. The van der Waals surface area contributed by atoms with Crippen molar-refractivity contribution in [2.24, 2.45) is 5.92 Å². The van der Waals surface area contributed by atoms with Crippen LogP contribution in [-0.2, 0) is 0 Å². The largest absolute Gasteiger partial charge is 0.207 e. The molecule has 3 unspecified atom stereocenters. The Hall–Kier alpha value is -0.930. The first-order chi connectivity index (χ1) is 9.58. The van der Waals surface area contributed by atoms with Crippen LogP contribution in [0.5, 0.6) is 0 Å². The van der Waals surface area contributed by atoms with Crippen LogP contribution in [0, 0.1) is 17.6 Å². The van der Waals surface area contributed by atoms with Crippen LogP contribution >= 0.6 is 27.5 Å². The lowest BCUT2D eigenvalue weighted by Gasteiger charge is -2.12. The molecule has 1 saturated carbocycles. The Labute approximate surface area is 129 Å². The van der Waals surface area contributed by atoms with Crippen LogP contribution in [0.25, 0.3) is 0 Å². The van der Waals surface area contributed by atoms with E-state index in [9.17, 15) is 8.78 Å². The van der Waals surface area contributed by atoms with Crippen molar-refractivity contribution in [3.8, 4) is 0 Å². The molecule has 0 amide bonds. The second-order valence-corrected chi connectivity index (χ2v) is 6.43. The van der Waals surface area contributed by atoms with Crippen LogP contribution in [0.15, 0.2) is 46.9 Å². The van der Waals surface area contributed by atoms with Crippen molar-refractivity contribution in [1.82, 2.24) is 0 Å². The van der Waals surface area contributed by atoms with Gasteiger partial charge < -0.3 is 0 Å². The molecule has 2 aromatic rings. The average molecular weight is 358 g/mol. The molecule has 0 aliphatic heterocycles. The summed E-state index contributed by atoms with van der Waals surface area (Å²) in [6.07, 6.45) is 0.912. The Kier molecular flexibility index (Phi) is 3.83. The predicted octanol–water partition coefficient (Wildman–Crippen LogP) is 5.81. The van der Waals surface area contributed by atoms with Crippen LogP contribution in [0.1, 0.15) is 28.8 Å². The van der Waals surface area contributed by atoms with Gasteiger partial charge in [0, 0.05) is 5.56 Å². The van der Waals surface area contributed by atoms with E-state index in [1.165, 1.54) is 11.6 Å². The number of benzene rings is 2. The quantitative estimate of drug-likeness (QED) is 0.480. The van der Waals surface area contributed by atoms with Gasteiger partial charge in [-0.25, -0.2) is 8.78 Å². The van der Waals surface area contributed by atoms with Gasteiger partial charge in [-0.05, 0) is 51.9 Å². The second-order valence-electron chi connectivity index (χ2n) is 5.11. The third-order valence-corrected chi connectivity index (χ3v) is 4.95. The summed E-state index contributed by atoms with van der Waals surface area (Å²) >= 11 is 9.33. The van der Waals surface area contributed by atoms with Gasteiger partial charge in [-0.2, -0.15) is 0 Å². The Morgan fingerprint density at radius 3 is 2.50 bits per heavy atom. The van der Waals surface area contributed by atoms with Gasteiger partial charge >= 0.3 is 0 Å². The SMILES string of the molecule is Fc1cc(C(Cl)C2CC2c2ccccc2)c(F)cc1Br. The molecule has 0 N–H and O–H groups in total. The molecule has 4 heteroatoms. The van der Waals surface area contributed by atoms with Crippen molar-refractivity contribution in [2.45, 2.75) is 17.7 Å². The first-order valence-corrected chi connectivity index (χ1v) is 7.64. The summed E-state index contributed by atoms with van der Waals surface area (Å²) < 4.78 is 27.6. The lowest BCUT2D eigenvalue weighted by molar-refractivity contribution is 0.569. The molecule has 0 spiro atoms. The Morgan fingerprint density at radius 1 is 1.10 bits per heavy atom. The second kappa shape index (κ2) is 5.45. The summed E-state index contributed by atoms with van der Waals surface area (Å²) in [5.41, 5.74) is 1.46. The summed E-state index contributed by atoms with van der Waals surface area (Å²) in [4.78, 5) is 0. The van der Waals surface area contributed by atoms with Crippen LogP contribution in [0.2, 0.25) is 0 Å². The zero-order chi connectivity index (χ0) is 14.3. The summed E-state index contributed by atoms with van der Waals surface area (Å²) in [6.45, 7) is 0. The van der Waals surface area contributed by atoms with Crippen molar-refractivity contribution in [3.05, 3.63) is 69.7 Å². The monoisotopic (exact) mass is 356 g/mol. The van der Waals surface area contributed by atoms with Crippen LogP contribution < -0.4 is 0 Å². The van der Waals surface area contributed by atoms with E-state index in [1.807, 2.05) is 30.3 Å². The molecule has 0 heterocycles. The van der Waals surface area contributed by atoms with Gasteiger partial charge in [0.05, 0.1) is 9.85 Å². The van der Waals surface area contributed by atoms with Gasteiger partial charge in [-0.1, -0.05) is 30.3 Å². The number of halogens is 4. The summed E-state index contributed by atoms with van der Waals surface area (Å²) in [5, 5.41) is -0.497. The van der Waals surface area contributed by atoms with E-state index in [4.69, 9.17) is 11.6 Å². The lowest BCUT2D eigenvalue weighted by atomic mass is 10.0. The molecule has 0 bridgehead atoms. The fraction of sp³-hybridized carbons (Fsp3) is 0.250. The maximum Gasteiger partial charge on any atom is 0.137 e. The molecule has 0 radical (unpaired) electrons. The summed E-state index contributed by atoms with van der Waals surface area (Å²) in [7, 11) is 0. The van der Waals surface area contributed by atoms with Gasteiger partial charge in [-0.3, -0.25) is 0 Å². The highest BCUT2D eigenvalue weighted by Gasteiger charge is 2.44. The molecule has 0 nitrogen and oxygen atoms in total. The predicted molar refractivity (Wildman–Crippen MR) is 79.9 cm³/mol. The van der Waals surface area contributed by atoms with Crippen molar-refractivity contribution in [3.63, 3.8) is 0 Å². The average Bonchev–Trinajstić information content (AvgIpc) is 3.23. The fourth-order valence-corrected chi connectivity index (χ4v) is 3.36. The van der Waals surface area contributed by atoms with Crippen molar-refractivity contribution in [1.29, 1.82) is 0 Å². The van der Waals surface area contributed by atoms with E-state index >= 15 is 0 Å². The topological polar surface area (TPSA) is 0 Å². The van der Waals surface area contributed by atoms with Gasteiger partial charge in [-0.15, -0.1) is 11.6 Å². The van der Waals surface area contributed by atoms with Crippen molar-refractivity contribution in [2.75, 3.05) is 0 Å². The molecular weight excluding hydrogens is 346 g/mol.